The lowest BCUT2D eigenvalue weighted by atomic mass is 10.1. The van der Waals surface area contributed by atoms with E-state index in [9.17, 15) is 21.6 Å². The first-order chi connectivity index (χ1) is 11.5. The molecule has 0 saturated heterocycles. The maximum Gasteiger partial charge on any atom is 0.337 e. The number of sulfonamides is 2. The minimum absolute atomic E-state index is 0.0917. The van der Waals surface area contributed by atoms with Gasteiger partial charge in [0.25, 0.3) is 10.0 Å². The number of benzene rings is 2. The molecular formula is C15H16N2O6S2. The van der Waals surface area contributed by atoms with Gasteiger partial charge in [0, 0.05) is 5.69 Å². The van der Waals surface area contributed by atoms with Gasteiger partial charge in [-0.3, -0.25) is 4.72 Å². The normalized spacial score (nSPS) is 11.8. The molecule has 0 atom stereocenters. The summed E-state index contributed by atoms with van der Waals surface area (Å²) in [5, 5.41) is 4.99. The van der Waals surface area contributed by atoms with Crippen LogP contribution in [0.2, 0.25) is 0 Å². The lowest BCUT2D eigenvalue weighted by Crippen LogP contribution is -2.16. The van der Waals surface area contributed by atoms with Crippen LogP contribution < -0.4 is 9.86 Å². The van der Waals surface area contributed by atoms with Crippen LogP contribution in [0.4, 0.5) is 5.69 Å². The van der Waals surface area contributed by atoms with E-state index in [0.29, 0.717) is 5.56 Å². The quantitative estimate of drug-likeness (QED) is 0.745. The Bertz CT molecular complexity index is 1010. The minimum Gasteiger partial charge on any atom is -0.465 e. The fourth-order valence-corrected chi connectivity index (χ4v) is 3.90. The Morgan fingerprint density at radius 3 is 2.16 bits per heavy atom. The molecule has 0 radical (unpaired) electrons. The van der Waals surface area contributed by atoms with Crippen LogP contribution in [0, 0.1) is 6.92 Å². The van der Waals surface area contributed by atoms with Gasteiger partial charge in [-0.1, -0.05) is 6.07 Å². The summed E-state index contributed by atoms with van der Waals surface area (Å²) in [7, 11) is -6.67. The molecule has 0 aliphatic carbocycles. The fourth-order valence-electron chi connectivity index (χ4n) is 2.06. The molecule has 0 aliphatic heterocycles. The Kier molecular flexibility index (Phi) is 5.16. The number of methoxy groups -OCH3 is 1. The summed E-state index contributed by atoms with van der Waals surface area (Å²) in [5.41, 5.74) is 0.676. The predicted molar refractivity (Wildman–Crippen MR) is 91.1 cm³/mol. The van der Waals surface area contributed by atoms with Crippen molar-refractivity contribution in [1.82, 2.24) is 0 Å². The standard InChI is InChI=1S/C15H16N2O6S2/c1-10-3-4-11(15(18)23-2)9-14(10)25(21,22)17-12-5-7-13(8-6-12)24(16,19)20/h3-9,17H,1-2H3,(H2,16,19,20). The van der Waals surface area contributed by atoms with Gasteiger partial charge in [0.05, 0.1) is 22.5 Å². The number of carbonyl (C=O) groups is 1. The Hall–Kier alpha value is -2.43. The molecule has 0 aliphatic rings. The summed E-state index contributed by atoms with van der Waals surface area (Å²) < 4.78 is 54.5. The number of ether oxygens (including phenoxy) is 1. The second-order valence-electron chi connectivity index (χ2n) is 5.15. The topological polar surface area (TPSA) is 133 Å². The molecule has 10 heteroatoms. The lowest BCUT2D eigenvalue weighted by molar-refractivity contribution is 0.0600. The molecule has 0 bridgehead atoms. The van der Waals surface area contributed by atoms with Crippen molar-refractivity contribution < 1.29 is 26.4 Å². The number of primary sulfonamides is 1. The molecule has 134 valence electrons. The van der Waals surface area contributed by atoms with Crippen molar-refractivity contribution in [3.63, 3.8) is 0 Å². The number of hydrogen-bond acceptors (Lipinski definition) is 6. The number of carbonyl (C=O) groups excluding carboxylic acids is 1. The van der Waals surface area contributed by atoms with E-state index < -0.39 is 26.0 Å². The number of aryl methyl sites for hydroxylation is 1. The van der Waals surface area contributed by atoms with Gasteiger partial charge in [0.1, 0.15) is 0 Å². The lowest BCUT2D eigenvalue weighted by Gasteiger charge is -2.12. The van der Waals surface area contributed by atoms with Crippen molar-refractivity contribution >= 4 is 31.7 Å². The highest BCUT2D eigenvalue weighted by Gasteiger charge is 2.20. The third-order valence-corrected chi connectivity index (χ3v) is 5.79. The van der Waals surface area contributed by atoms with Gasteiger partial charge < -0.3 is 4.74 Å². The van der Waals surface area contributed by atoms with Crippen LogP contribution in [-0.4, -0.2) is 29.9 Å². The van der Waals surface area contributed by atoms with Gasteiger partial charge in [-0.05, 0) is 48.9 Å². The third-order valence-electron chi connectivity index (χ3n) is 3.33. The Labute approximate surface area is 145 Å². The summed E-state index contributed by atoms with van der Waals surface area (Å²) in [6, 6.07) is 9.08. The van der Waals surface area contributed by atoms with E-state index in [4.69, 9.17) is 5.14 Å². The summed E-state index contributed by atoms with van der Waals surface area (Å²) in [6.45, 7) is 1.58. The fraction of sp³-hybridized carbons (Fsp3) is 0.133. The highest BCUT2D eigenvalue weighted by molar-refractivity contribution is 7.92. The predicted octanol–water partition coefficient (Wildman–Crippen LogP) is 1.23. The van der Waals surface area contributed by atoms with Crippen molar-refractivity contribution in [2.75, 3.05) is 11.8 Å². The zero-order valence-electron chi connectivity index (χ0n) is 13.4. The van der Waals surface area contributed by atoms with Gasteiger partial charge in [-0.2, -0.15) is 0 Å². The summed E-state index contributed by atoms with van der Waals surface area (Å²) in [4.78, 5) is 11.4. The van der Waals surface area contributed by atoms with Gasteiger partial charge in [-0.15, -0.1) is 0 Å². The minimum atomic E-state index is -4.00. The molecular weight excluding hydrogens is 368 g/mol. The zero-order chi connectivity index (χ0) is 18.8. The van der Waals surface area contributed by atoms with Gasteiger partial charge >= 0.3 is 5.97 Å². The van der Waals surface area contributed by atoms with Gasteiger partial charge in [0.15, 0.2) is 0 Å². The van der Waals surface area contributed by atoms with E-state index >= 15 is 0 Å². The molecule has 0 fully saturated rings. The molecule has 8 nitrogen and oxygen atoms in total. The maximum atomic E-state index is 12.6. The Morgan fingerprint density at radius 2 is 1.64 bits per heavy atom. The number of rotatable bonds is 5. The van der Waals surface area contributed by atoms with Crippen LogP contribution in [0.3, 0.4) is 0 Å². The molecule has 0 saturated carbocycles. The van der Waals surface area contributed by atoms with Crippen LogP contribution in [0.15, 0.2) is 52.3 Å². The van der Waals surface area contributed by atoms with Crippen molar-refractivity contribution in [3.05, 3.63) is 53.6 Å². The molecule has 0 amide bonds. The van der Waals surface area contributed by atoms with Gasteiger partial charge in [0.2, 0.25) is 10.0 Å². The molecule has 25 heavy (non-hydrogen) atoms. The van der Waals surface area contributed by atoms with Crippen LogP contribution in [-0.2, 0) is 24.8 Å². The number of hydrogen-bond donors (Lipinski definition) is 2. The highest BCUT2D eigenvalue weighted by atomic mass is 32.2. The monoisotopic (exact) mass is 384 g/mol. The van der Waals surface area contributed by atoms with E-state index in [1.807, 2.05) is 0 Å². The third kappa shape index (κ3) is 4.35. The zero-order valence-corrected chi connectivity index (χ0v) is 15.0. The van der Waals surface area contributed by atoms with E-state index in [1.54, 1.807) is 6.92 Å². The molecule has 0 heterocycles. The SMILES string of the molecule is COC(=O)c1ccc(C)c(S(=O)(=O)Nc2ccc(S(N)(=O)=O)cc2)c1. The van der Waals surface area contributed by atoms with E-state index in [-0.39, 0.29) is 21.0 Å². The Balaban J connectivity index is 2.38. The second kappa shape index (κ2) is 6.82. The van der Waals surface area contributed by atoms with Crippen LogP contribution >= 0.6 is 0 Å². The van der Waals surface area contributed by atoms with Crippen LogP contribution in [0.5, 0.6) is 0 Å². The summed E-state index contributed by atoms with van der Waals surface area (Å²) >= 11 is 0. The molecule has 0 unspecified atom stereocenters. The Morgan fingerprint density at radius 1 is 1.04 bits per heavy atom. The molecule has 0 spiro atoms. The smallest absolute Gasteiger partial charge is 0.337 e. The van der Waals surface area contributed by atoms with Crippen molar-refractivity contribution in [1.29, 1.82) is 0 Å². The number of esters is 1. The first-order valence-electron chi connectivity index (χ1n) is 6.89. The average Bonchev–Trinajstić information content (AvgIpc) is 2.53. The first kappa shape index (κ1) is 18.9. The molecule has 0 aromatic heterocycles. The van der Waals surface area contributed by atoms with E-state index in [2.05, 4.69) is 9.46 Å². The number of anilines is 1. The van der Waals surface area contributed by atoms with Crippen LogP contribution in [0.25, 0.3) is 0 Å². The summed E-state index contributed by atoms with van der Waals surface area (Å²) in [6.07, 6.45) is 0. The summed E-state index contributed by atoms with van der Waals surface area (Å²) in [5.74, 6) is -0.658. The largest absolute Gasteiger partial charge is 0.465 e. The molecule has 3 N–H and O–H groups in total. The van der Waals surface area contributed by atoms with E-state index in [1.165, 1.54) is 49.6 Å². The first-order valence-corrected chi connectivity index (χ1v) is 9.92. The van der Waals surface area contributed by atoms with Crippen LogP contribution in [0.1, 0.15) is 15.9 Å². The molecule has 2 aromatic rings. The van der Waals surface area contributed by atoms with Gasteiger partial charge in [-0.25, -0.2) is 26.8 Å². The highest BCUT2D eigenvalue weighted by Crippen LogP contribution is 2.22. The molecule has 2 aromatic carbocycles. The second-order valence-corrected chi connectivity index (χ2v) is 8.36. The van der Waals surface area contributed by atoms with E-state index in [0.717, 1.165) is 0 Å². The average molecular weight is 384 g/mol. The number of nitrogens with two attached hydrogens (primary N) is 1. The molecule has 2 rings (SSSR count). The van der Waals surface area contributed by atoms with Crippen molar-refractivity contribution in [3.8, 4) is 0 Å². The van der Waals surface area contributed by atoms with Crippen molar-refractivity contribution in [2.45, 2.75) is 16.7 Å². The number of nitrogens with one attached hydrogen (secondary N) is 1. The maximum absolute atomic E-state index is 12.6. The van der Waals surface area contributed by atoms with Crippen molar-refractivity contribution in [2.24, 2.45) is 5.14 Å².